The fraction of sp³-hybridized carbons (Fsp3) is 0.294. The van der Waals surface area contributed by atoms with Crippen molar-refractivity contribution in [1.82, 2.24) is 24.7 Å². The van der Waals surface area contributed by atoms with E-state index >= 15 is 0 Å². The molecule has 2 heterocycles. The number of thioether (sulfide) groups is 1. The number of aromatic nitrogens is 5. The first-order valence-corrected chi connectivity index (χ1v) is 10.3. The molecule has 0 saturated heterocycles. The lowest BCUT2D eigenvalue weighted by molar-refractivity contribution is 0.281. The fourth-order valence-corrected chi connectivity index (χ4v) is 3.89. The zero-order valence-corrected chi connectivity index (χ0v) is 17.2. The normalized spacial score (nSPS) is 12.2. The first-order valence-electron chi connectivity index (χ1n) is 8.48. The smallest absolute Gasteiger partial charge is 0.267 e. The van der Waals surface area contributed by atoms with Crippen LogP contribution in [0.1, 0.15) is 12.5 Å². The van der Waals surface area contributed by atoms with Crippen LogP contribution < -0.4 is 10.9 Å². The van der Waals surface area contributed by atoms with E-state index in [0.717, 1.165) is 29.6 Å². The fourth-order valence-electron chi connectivity index (χ4n) is 2.24. The van der Waals surface area contributed by atoms with Gasteiger partial charge < -0.3 is 20.0 Å². The molecule has 3 aromatic rings. The van der Waals surface area contributed by atoms with Gasteiger partial charge in [0.2, 0.25) is 0 Å². The number of rotatable bonds is 8. The van der Waals surface area contributed by atoms with Crippen LogP contribution in [0.5, 0.6) is 0 Å². The lowest BCUT2D eigenvalue weighted by Gasteiger charge is -2.15. The molecule has 0 aliphatic heterocycles. The molecule has 3 N–H and O–H groups in total. The molecule has 0 amide bonds. The predicted octanol–water partition coefficient (Wildman–Crippen LogP) is 2.41. The number of nitrogens with zero attached hydrogens (tertiary/aromatic N) is 4. The van der Waals surface area contributed by atoms with Gasteiger partial charge in [-0.1, -0.05) is 23.9 Å². The van der Waals surface area contributed by atoms with Gasteiger partial charge in [-0.15, -0.1) is 10.2 Å². The molecule has 2 aromatic heterocycles. The maximum Gasteiger partial charge on any atom is 0.267 e. The summed E-state index contributed by atoms with van der Waals surface area (Å²) in [6.45, 7) is 1.56. The van der Waals surface area contributed by atoms with E-state index in [1.165, 1.54) is 18.5 Å². The van der Waals surface area contributed by atoms with Crippen molar-refractivity contribution < 1.29 is 13.9 Å². The number of aromatic amines is 1. The molecule has 1 atom stereocenters. The molecule has 29 heavy (non-hydrogen) atoms. The molecule has 1 aromatic carbocycles. The van der Waals surface area contributed by atoms with Crippen LogP contribution in [-0.4, -0.2) is 42.5 Å². The van der Waals surface area contributed by atoms with Crippen molar-refractivity contribution in [2.75, 3.05) is 11.9 Å². The third-order valence-corrected chi connectivity index (χ3v) is 5.83. The van der Waals surface area contributed by atoms with Crippen LogP contribution in [0.15, 0.2) is 44.5 Å². The van der Waals surface area contributed by atoms with Crippen molar-refractivity contribution in [3.63, 3.8) is 0 Å². The van der Waals surface area contributed by atoms with Crippen molar-refractivity contribution in [1.29, 1.82) is 0 Å². The Morgan fingerprint density at radius 3 is 2.86 bits per heavy atom. The number of anilines is 1. The number of halogens is 2. The second-order valence-electron chi connectivity index (χ2n) is 6.10. The summed E-state index contributed by atoms with van der Waals surface area (Å²) in [7, 11) is 1.74. The van der Waals surface area contributed by atoms with E-state index in [1.54, 1.807) is 18.5 Å². The molecular formula is C17H18F2N6O2S2. The number of hydrogen-bond acceptors (Lipinski definition) is 8. The quantitative estimate of drug-likeness (QED) is 0.362. The van der Waals surface area contributed by atoms with Crippen LogP contribution in [0.3, 0.4) is 0 Å². The van der Waals surface area contributed by atoms with E-state index in [0.29, 0.717) is 5.16 Å². The van der Waals surface area contributed by atoms with Crippen molar-refractivity contribution in [2.45, 2.75) is 33.9 Å². The summed E-state index contributed by atoms with van der Waals surface area (Å²) in [6, 6.07) is 3.57. The third kappa shape index (κ3) is 5.14. The molecule has 154 valence electrons. The van der Waals surface area contributed by atoms with Crippen LogP contribution in [0, 0.1) is 11.6 Å². The van der Waals surface area contributed by atoms with Crippen molar-refractivity contribution >= 4 is 29.3 Å². The molecule has 0 unspecified atom stereocenters. The van der Waals surface area contributed by atoms with Crippen molar-refractivity contribution in [2.24, 2.45) is 7.05 Å². The van der Waals surface area contributed by atoms with Gasteiger partial charge in [0.1, 0.15) is 17.0 Å². The minimum Gasteiger partial charge on any atom is -0.394 e. The van der Waals surface area contributed by atoms with Gasteiger partial charge in [0.15, 0.2) is 21.9 Å². The first-order chi connectivity index (χ1) is 13.9. The zero-order chi connectivity index (χ0) is 21.0. The molecule has 3 rings (SSSR count). The zero-order valence-electron chi connectivity index (χ0n) is 15.5. The predicted molar refractivity (Wildman–Crippen MR) is 106 cm³/mol. The van der Waals surface area contributed by atoms with Gasteiger partial charge in [-0.05, 0) is 24.8 Å². The summed E-state index contributed by atoms with van der Waals surface area (Å²) in [5.41, 5.74) is -0.267. The third-order valence-electron chi connectivity index (χ3n) is 3.77. The number of H-pyrrole nitrogens is 1. The number of hydrogen-bond donors (Lipinski definition) is 3. The molecule has 0 bridgehead atoms. The van der Waals surface area contributed by atoms with Crippen LogP contribution in [0.2, 0.25) is 0 Å². The second-order valence-corrected chi connectivity index (χ2v) is 8.05. The average molecular weight is 441 g/mol. The maximum absolute atomic E-state index is 13.9. The van der Waals surface area contributed by atoms with Crippen LogP contribution in [0.25, 0.3) is 0 Å². The lowest BCUT2D eigenvalue weighted by atomic mass is 10.2. The Balaban J connectivity index is 1.89. The molecular weight excluding hydrogens is 422 g/mol. The molecule has 12 heteroatoms. The van der Waals surface area contributed by atoms with E-state index in [1.807, 2.05) is 0 Å². The summed E-state index contributed by atoms with van der Waals surface area (Å²) < 4.78 is 28.9. The Morgan fingerprint density at radius 1 is 1.38 bits per heavy atom. The second kappa shape index (κ2) is 9.37. The number of aliphatic hydroxyl groups is 1. The van der Waals surface area contributed by atoms with E-state index < -0.39 is 17.2 Å². The lowest BCUT2D eigenvalue weighted by Crippen LogP contribution is -2.24. The molecule has 0 saturated carbocycles. The highest BCUT2D eigenvalue weighted by atomic mass is 32.2. The Morgan fingerprint density at radius 2 is 2.17 bits per heavy atom. The SMILES string of the molecule is C[C@H](CO)Nc1nc(SCc2cccc(F)c2F)[nH]c(=O)c1Sc1nncn1C. The summed E-state index contributed by atoms with van der Waals surface area (Å²) in [6.07, 6.45) is 1.51. The molecule has 0 radical (unpaired) electrons. The van der Waals surface area contributed by atoms with Crippen LogP contribution >= 0.6 is 23.5 Å². The summed E-state index contributed by atoms with van der Waals surface area (Å²) in [4.78, 5) is 20.0. The molecule has 0 aliphatic rings. The molecule has 0 aliphatic carbocycles. The van der Waals surface area contributed by atoms with Gasteiger partial charge in [-0.2, -0.15) is 0 Å². The van der Waals surface area contributed by atoms with Gasteiger partial charge in [0.05, 0.1) is 6.61 Å². The number of benzene rings is 1. The average Bonchev–Trinajstić information content (AvgIpc) is 3.10. The first kappa shape index (κ1) is 21.3. The van der Waals surface area contributed by atoms with Crippen molar-refractivity contribution in [3.05, 3.63) is 52.1 Å². The summed E-state index contributed by atoms with van der Waals surface area (Å²) in [5.74, 6) is -1.52. The van der Waals surface area contributed by atoms with E-state index in [2.05, 4.69) is 25.5 Å². The van der Waals surface area contributed by atoms with Gasteiger partial charge in [0.25, 0.3) is 5.56 Å². The minimum atomic E-state index is -0.931. The molecule has 0 spiro atoms. The highest BCUT2D eigenvalue weighted by Crippen LogP contribution is 2.30. The van der Waals surface area contributed by atoms with Crippen LogP contribution in [0.4, 0.5) is 14.6 Å². The number of aliphatic hydroxyl groups excluding tert-OH is 1. The largest absolute Gasteiger partial charge is 0.394 e. The van der Waals surface area contributed by atoms with Crippen molar-refractivity contribution in [3.8, 4) is 0 Å². The van der Waals surface area contributed by atoms with Gasteiger partial charge in [-0.25, -0.2) is 13.8 Å². The molecule has 0 fully saturated rings. The Kier molecular flexibility index (Phi) is 6.87. The highest BCUT2D eigenvalue weighted by Gasteiger charge is 2.18. The summed E-state index contributed by atoms with van der Waals surface area (Å²) in [5, 5.41) is 20.8. The maximum atomic E-state index is 13.9. The highest BCUT2D eigenvalue weighted by molar-refractivity contribution is 7.99. The van der Waals surface area contributed by atoms with Gasteiger partial charge >= 0.3 is 0 Å². The minimum absolute atomic E-state index is 0.0807. The number of aryl methyl sites for hydroxylation is 1. The van der Waals surface area contributed by atoms with E-state index in [-0.39, 0.29) is 39.8 Å². The summed E-state index contributed by atoms with van der Waals surface area (Å²) >= 11 is 2.14. The van der Waals surface area contributed by atoms with E-state index in [9.17, 15) is 18.7 Å². The van der Waals surface area contributed by atoms with Gasteiger partial charge in [0, 0.05) is 24.4 Å². The Labute approximate surface area is 173 Å². The topological polar surface area (TPSA) is 109 Å². The van der Waals surface area contributed by atoms with E-state index in [4.69, 9.17) is 0 Å². The standard InChI is InChI=1S/C17H18F2N6O2S2/c1-9(6-26)21-14-13(29-17-24-20-8-25(17)2)15(27)23-16(22-14)28-7-10-4-3-5-11(18)12(10)19/h3-5,8-9,26H,6-7H2,1-2H3,(H2,21,22,23,27)/t9-/m1/s1. The Hall–Kier alpha value is -2.44. The van der Waals surface area contributed by atoms with Gasteiger partial charge in [-0.3, -0.25) is 4.79 Å². The number of nitrogens with one attached hydrogen (secondary N) is 2. The Bertz CT molecular complexity index is 1060. The van der Waals surface area contributed by atoms with Crippen LogP contribution in [-0.2, 0) is 12.8 Å². The monoisotopic (exact) mass is 440 g/mol. The molecule has 8 nitrogen and oxygen atoms in total.